The van der Waals surface area contributed by atoms with Crippen LogP contribution in [0.1, 0.15) is 41.7 Å². The van der Waals surface area contributed by atoms with Crippen molar-refractivity contribution in [2.75, 3.05) is 4.90 Å². The van der Waals surface area contributed by atoms with Crippen LogP contribution in [0.4, 0.5) is 5.69 Å². The number of amides is 1. The standard InChI is InChI=1S/C21H23N3OS/c1-5-16-8-10-17(11-9-16)20-23-15(4)19(26-20)21(25)24(14(2)3)18-7-6-12-22-13-18/h6-14H,5H2,1-4H3. The van der Waals surface area contributed by atoms with Gasteiger partial charge in [0.25, 0.3) is 5.91 Å². The van der Waals surface area contributed by atoms with E-state index >= 15 is 0 Å². The first-order valence-electron chi connectivity index (χ1n) is 8.81. The van der Waals surface area contributed by atoms with Gasteiger partial charge in [-0.15, -0.1) is 11.3 Å². The highest BCUT2D eigenvalue weighted by Crippen LogP contribution is 2.30. The average molecular weight is 366 g/mol. The number of carbonyl (C=O) groups is 1. The van der Waals surface area contributed by atoms with Crippen LogP contribution in [0, 0.1) is 6.92 Å². The second-order valence-electron chi connectivity index (χ2n) is 6.46. The van der Waals surface area contributed by atoms with Gasteiger partial charge in [-0.25, -0.2) is 4.98 Å². The number of hydrogen-bond acceptors (Lipinski definition) is 4. The molecule has 0 aliphatic heterocycles. The Bertz CT molecular complexity index is 885. The third kappa shape index (κ3) is 3.68. The summed E-state index contributed by atoms with van der Waals surface area (Å²) >= 11 is 1.45. The van der Waals surface area contributed by atoms with E-state index in [4.69, 9.17) is 0 Å². The smallest absolute Gasteiger partial charge is 0.270 e. The lowest BCUT2D eigenvalue weighted by atomic mass is 10.1. The van der Waals surface area contributed by atoms with Crippen molar-refractivity contribution in [1.29, 1.82) is 0 Å². The molecule has 0 saturated carbocycles. The molecule has 0 bridgehead atoms. The molecular weight excluding hydrogens is 342 g/mol. The van der Waals surface area contributed by atoms with Crippen LogP contribution in [0.3, 0.4) is 0 Å². The Morgan fingerprint density at radius 1 is 1.19 bits per heavy atom. The fraction of sp³-hybridized carbons (Fsp3) is 0.286. The molecule has 4 nitrogen and oxygen atoms in total. The van der Waals surface area contributed by atoms with Crippen molar-refractivity contribution < 1.29 is 4.79 Å². The van der Waals surface area contributed by atoms with Crippen LogP contribution in [-0.2, 0) is 6.42 Å². The molecule has 3 rings (SSSR count). The Labute approximate surface area is 158 Å². The maximum absolute atomic E-state index is 13.2. The Morgan fingerprint density at radius 2 is 1.92 bits per heavy atom. The van der Waals surface area contributed by atoms with Crippen LogP contribution in [0.2, 0.25) is 0 Å². The lowest BCUT2D eigenvalue weighted by molar-refractivity contribution is 0.0983. The molecule has 134 valence electrons. The zero-order valence-corrected chi connectivity index (χ0v) is 16.4. The molecular formula is C21H23N3OS. The molecule has 0 spiro atoms. The first kappa shape index (κ1) is 18.3. The Kier molecular flexibility index (Phi) is 5.47. The fourth-order valence-corrected chi connectivity index (χ4v) is 3.87. The number of carbonyl (C=O) groups excluding carboxylic acids is 1. The lowest BCUT2D eigenvalue weighted by Crippen LogP contribution is -2.37. The van der Waals surface area contributed by atoms with Gasteiger partial charge < -0.3 is 4.90 Å². The predicted octanol–water partition coefficient (Wildman–Crippen LogP) is 5.13. The van der Waals surface area contributed by atoms with Crippen molar-refractivity contribution >= 4 is 22.9 Å². The van der Waals surface area contributed by atoms with Gasteiger partial charge in [0, 0.05) is 17.8 Å². The molecule has 2 aromatic heterocycles. The summed E-state index contributed by atoms with van der Waals surface area (Å²) < 4.78 is 0. The normalized spacial score (nSPS) is 11.0. The van der Waals surface area contributed by atoms with Crippen LogP contribution in [0.25, 0.3) is 10.6 Å². The quantitative estimate of drug-likeness (QED) is 0.629. The first-order valence-corrected chi connectivity index (χ1v) is 9.63. The first-order chi connectivity index (χ1) is 12.5. The van der Waals surface area contributed by atoms with E-state index in [2.05, 4.69) is 41.2 Å². The number of aromatic nitrogens is 2. The van der Waals surface area contributed by atoms with E-state index in [0.717, 1.165) is 28.4 Å². The van der Waals surface area contributed by atoms with E-state index in [9.17, 15) is 4.79 Å². The summed E-state index contributed by atoms with van der Waals surface area (Å²) in [5.41, 5.74) is 3.91. The minimum absolute atomic E-state index is 0.0282. The van der Waals surface area contributed by atoms with Crippen LogP contribution >= 0.6 is 11.3 Å². The highest BCUT2D eigenvalue weighted by molar-refractivity contribution is 7.17. The highest BCUT2D eigenvalue weighted by atomic mass is 32.1. The second-order valence-corrected chi connectivity index (χ2v) is 7.46. The number of hydrogen-bond donors (Lipinski definition) is 0. The van der Waals surface area contributed by atoms with E-state index in [1.807, 2.05) is 32.9 Å². The summed E-state index contributed by atoms with van der Waals surface area (Å²) in [5, 5.41) is 0.878. The van der Waals surface area contributed by atoms with Crippen molar-refractivity contribution in [3.8, 4) is 10.6 Å². The molecule has 0 N–H and O–H groups in total. The Balaban J connectivity index is 1.95. The molecule has 0 unspecified atom stereocenters. The Hall–Kier alpha value is -2.53. The van der Waals surface area contributed by atoms with E-state index in [-0.39, 0.29) is 11.9 Å². The molecule has 0 atom stereocenters. The second kappa shape index (κ2) is 7.79. The SMILES string of the molecule is CCc1ccc(-c2nc(C)c(C(=O)N(c3cccnc3)C(C)C)s2)cc1. The van der Waals surface area contributed by atoms with Crippen LogP contribution in [0.5, 0.6) is 0 Å². The largest absolute Gasteiger partial charge is 0.304 e. The summed E-state index contributed by atoms with van der Waals surface area (Å²) in [6.45, 7) is 8.05. The molecule has 0 saturated heterocycles. The van der Waals surface area contributed by atoms with E-state index in [1.165, 1.54) is 16.9 Å². The lowest BCUT2D eigenvalue weighted by Gasteiger charge is -2.26. The number of nitrogens with zero attached hydrogens (tertiary/aromatic N) is 3. The fourth-order valence-electron chi connectivity index (χ4n) is 2.86. The van der Waals surface area contributed by atoms with Gasteiger partial charge in [0.1, 0.15) is 9.88 Å². The summed E-state index contributed by atoms with van der Waals surface area (Å²) in [5.74, 6) is -0.0283. The number of pyridine rings is 1. The molecule has 0 aliphatic rings. The van der Waals surface area contributed by atoms with Gasteiger partial charge in [0.05, 0.1) is 17.6 Å². The van der Waals surface area contributed by atoms with Crippen LogP contribution in [0.15, 0.2) is 48.8 Å². The zero-order chi connectivity index (χ0) is 18.7. The predicted molar refractivity (Wildman–Crippen MR) is 108 cm³/mol. The number of anilines is 1. The molecule has 3 aromatic rings. The van der Waals surface area contributed by atoms with Crippen LogP contribution in [-0.4, -0.2) is 21.9 Å². The number of rotatable bonds is 5. The molecule has 5 heteroatoms. The van der Waals surface area contributed by atoms with Gasteiger partial charge >= 0.3 is 0 Å². The number of thiazole rings is 1. The third-order valence-electron chi connectivity index (χ3n) is 4.26. The summed E-state index contributed by atoms with van der Waals surface area (Å²) in [4.78, 5) is 24.5. The molecule has 1 aromatic carbocycles. The van der Waals surface area contributed by atoms with Crippen molar-refractivity contribution in [2.45, 2.75) is 40.2 Å². The highest BCUT2D eigenvalue weighted by Gasteiger charge is 2.25. The molecule has 0 fully saturated rings. The zero-order valence-electron chi connectivity index (χ0n) is 15.6. The van der Waals surface area contributed by atoms with Gasteiger partial charge in [-0.1, -0.05) is 31.2 Å². The topological polar surface area (TPSA) is 46.1 Å². The van der Waals surface area contributed by atoms with Gasteiger partial charge in [-0.3, -0.25) is 9.78 Å². The molecule has 0 radical (unpaired) electrons. The minimum Gasteiger partial charge on any atom is -0.304 e. The van der Waals surface area contributed by atoms with Gasteiger partial charge in [0.15, 0.2) is 0 Å². The van der Waals surface area contributed by atoms with Crippen molar-refractivity contribution in [2.24, 2.45) is 0 Å². The number of benzene rings is 1. The molecule has 26 heavy (non-hydrogen) atoms. The summed E-state index contributed by atoms with van der Waals surface area (Å²) in [7, 11) is 0. The van der Waals surface area contributed by atoms with Gasteiger partial charge in [-0.2, -0.15) is 0 Å². The monoisotopic (exact) mass is 365 g/mol. The third-order valence-corrected chi connectivity index (χ3v) is 5.45. The average Bonchev–Trinajstić information content (AvgIpc) is 3.04. The van der Waals surface area contributed by atoms with Gasteiger partial charge in [-0.05, 0) is 44.9 Å². The summed E-state index contributed by atoms with van der Waals surface area (Å²) in [6, 6.07) is 12.2. The molecule has 2 heterocycles. The van der Waals surface area contributed by atoms with Crippen molar-refractivity contribution in [3.63, 3.8) is 0 Å². The maximum Gasteiger partial charge on any atom is 0.270 e. The number of aryl methyl sites for hydroxylation is 2. The molecule has 0 aliphatic carbocycles. The van der Waals surface area contributed by atoms with Crippen LogP contribution < -0.4 is 4.90 Å². The maximum atomic E-state index is 13.2. The van der Waals surface area contributed by atoms with E-state index in [1.54, 1.807) is 17.3 Å². The van der Waals surface area contributed by atoms with E-state index < -0.39 is 0 Å². The van der Waals surface area contributed by atoms with Gasteiger partial charge in [0.2, 0.25) is 0 Å². The Morgan fingerprint density at radius 3 is 2.50 bits per heavy atom. The summed E-state index contributed by atoms with van der Waals surface area (Å²) in [6.07, 6.45) is 4.44. The molecule has 1 amide bonds. The van der Waals surface area contributed by atoms with Crippen molar-refractivity contribution in [3.05, 3.63) is 64.9 Å². The van der Waals surface area contributed by atoms with E-state index in [0.29, 0.717) is 4.88 Å². The minimum atomic E-state index is -0.0283. The van der Waals surface area contributed by atoms with Crippen molar-refractivity contribution in [1.82, 2.24) is 9.97 Å².